The van der Waals surface area contributed by atoms with E-state index in [9.17, 15) is 0 Å². The van der Waals surface area contributed by atoms with Gasteiger partial charge in [-0.05, 0) is 88.6 Å². The Hall–Kier alpha value is -5.68. The van der Waals surface area contributed by atoms with E-state index in [0.717, 1.165) is 54.9 Å². The van der Waals surface area contributed by atoms with E-state index < -0.39 is 0 Å². The summed E-state index contributed by atoms with van der Waals surface area (Å²) < 4.78 is 31.2. The number of hydrogen-bond donors (Lipinski definition) is 0. The Kier molecular flexibility index (Phi) is 6.68. The Labute approximate surface area is 267 Å². The Morgan fingerprint density at radius 3 is 1.43 bits per heavy atom. The third-order valence-electron chi connectivity index (χ3n) is 8.73. The zero-order valence-corrected chi connectivity index (χ0v) is 25.1. The van der Waals surface area contributed by atoms with Gasteiger partial charge in [-0.2, -0.15) is 0 Å². The van der Waals surface area contributed by atoms with Crippen molar-refractivity contribution >= 4 is 79.8 Å². The van der Waals surface area contributed by atoms with Gasteiger partial charge in [0.2, 0.25) is 0 Å². The summed E-state index contributed by atoms with van der Waals surface area (Å²) in [5, 5.41) is 5.96. The summed E-state index contributed by atoms with van der Waals surface area (Å²) in [7, 11) is 6.88. The minimum absolute atomic E-state index is 0.310. The van der Waals surface area contributed by atoms with E-state index in [4.69, 9.17) is 7.85 Å². The highest BCUT2D eigenvalue weighted by Crippen LogP contribution is 2.48. The SMILES string of the molecule is [B]c1cc2ccc3c(N(c4ccccc4)c4ccccc4F)c(C)cc4ccc(c1N(c1ccccc1)c1ccccc1F)c2c43. The van der Waals surface area contributed by atoms with E-state index in [1.807, 2.05) is 94.7 Å². The van der Waals surface area contributed by atoms with Crippen molar-refractivity contribution in [1.82, 2.24) is 0 Å². The van der Waals surface area contributed by atoms with Crippen LogP contribution in [0, 0.1) is 18.6 Å². The summed E-state index contributed by atoms with van der Waals surface area (Å²) in [6.45, 7) is 2.07. The number of halogens is 2. The van der Waals surface area contributed by atoms with E-state index in [1.54, 1.807) is 18.2 Å². The van der Waals surface area contributed by atoms with Crippen LogP contribution in [-0.4, -0.2) is 7.85 Å². The van der Waals surface area contributed by atoms with Gasteiger partial charge in [-0.1, -0.05) is 96.5 Å². The largest absolute Gasteiger partial charge is 0.308 e. The van der Waals surface area contributed by atoms with Crippen molar-refractivity contribution in [3.05, 3.63) is 163 Å². The number of anilines is 6. The fraction of sp³-hybridized carbons (Fsp3) is 0.0244. The zero-order chi connectivity index (χ0) is 31.4. The summed E-state index contributed by atoms with van der Waals surface area (Å²) in [4.78, 5) is 3.90. The first-order valence-corrected chi connectivity index (χ1v) is 15.2. The molecule has 0 amide bonds. The standard InChI is InChI=1S/C41H27BF2N2/c1-26-24-27-20-23-32-39-28(25-33(42)41(32)46(30-14-6-3-7-15-30)37-19-11-9-17-35(37)44)21-22-31(38(27)39)40(26)45(29-12-4-2-5-13-29)36-18-10-8-16-34(36)43/h2-25H,1H3. The highest BCUT2D eigenvalue weighted by Gasteiger charge is 2.25. The molecule has 0 heterocycles. The van der Waals surface area contributed by atoms with Gasteiger partial charge < -0.3 is 9.80 Å². The fourth-order valence-corrected chi connectivity index (χ4v) is 6.83. The number of rotatable bonds is 6. The average molecular weight is 596 g/mol. The van der Waals surface area contributed by atoms with Gasteiger partial charge in [0.25, 0.3) is 0 Å². The lowest BCUT2D eigenvalue weighted by molar-refractivity contribution is 0.628. The number of aryl methyl sites for hydroxylation is 1. The van der Waals surface area contributed by atoms with Crippen LogP contribution in [0.4, 0.5) is 42.9 Å². The third-order valence-corrected chi connectivity index (χ3v) is 8.73. The molecular weight excluding hydrogens is 569 g/mol. The Bertz CT molecular complexity index is 2210. The highest BCUT2D eigenvalue weighted by atomic mass is 19.1. The van der Waals surface area contributed by atoms with Crippen molar-refractivity contribution in [2.24, 2.45) is 0 Å². The molecule has 0 N–H and O–H groups in total. The summed E-state index contributed by atoms with van der Waals surface area (Å²) in [5.74, 6) is -0.660. The van der Waals surface area contributed by atoms with Crippen molar-refractivity contribution in [3.8, 4) is 0 Å². The van der Waals surface area contributed by atoms with Crippen molar-refractivity contribution in [1.29, 1.82) is 0 Å². The number of benzene rings is 8. The topological polar surface area (TPSA) is 6.48 Å². The second-order valence-corrected chi connectivity index (χ2v) is 11.5. The fourth-order valence-electron chi connectivity index (χ4n) is 6.83. The molecule has 0 atom stereocenters. The molecule has 5 heteroatoms. The first kappa shape index (κ1) is 27.8. The second kappa shape index (κ2) is 11.0. The molecule has 2 nitrogen and oxygen atoms in total. The molecule has 0 unspecified atom stereocenters. The maximum absolute atomic E-state index is 15.6. The molecule has 8 rings (SSSR count). The lowest BCUT2D eigenvalue weighted by Crippen LogP contribution is -2.21. The first-order valence-electron chi connectivity index (χ1n) is 15.2. The van der Waals surface area contributed by atoms with Crippen LogP contribution >= 0.6 is 0 Å². The highest BCUT2D eigenvalue weighted by molar-refractivity contribution is 6.42. The van der Waals surface area contributed by atoms with Crippen molar-refractivity contribution in [3.63, 3.8) is 0 Å². The smallest absolute Gasteiger partial charge is 0.147 e. The monoisotopic (exact) mass is 596 g/mol. The molecule has 8 aromatic carbocycles. The maximum atomic E-state index is 15.6. The van der Waals surface area contributed by atoms with Crippen LogP contribution in [0.15, 0.2) is 146 Å². The molecule has 0 aromatic heterocycles. The quantitative estimate of drug-likeness (QED) is 0.139. The second-order valence-electron chi connectivity index (χ2n) is 11.5. The minimum Gasteiger partial charge on any atom is -0.308 e. The van der Waals surface area contributed by atoms with Gasteiger partial charge in [0.15, 0.2) is 0 Å². The summed E-state index contributed by atoms with van der Waals surface area (Å²) in [5.41, 5.74) is 5.65. The molecular formula is C41H27BF2N2. The predicted octanol–water partition coefficient (Wildman–Crippen LogP) is 10.9. The molecule has 218 valence electrons. The van der Waals surface area contributed by atoms with Crippen LogP contribution in [0.2, 0.25) is 0 Å². The molecule has 0 fully saturated rings. The van der Waals surface area contributed by atoms with Crippen LogP contribution in [0.1, 0.15) is 5.56 Å². The van der Waals surface area contributed by atoms with Gasteiger partial charge in [-0.25, -0.2) is 8.78 Å². The zero-order valence-electron chi connectivity index (χ0n) is 25.1. The molecule has 0 aliphatic rings. The maximum Gasteiger partial charge on any atom is 0.147 e. The van der Waals surface area contributed by atoms with Gasteiger partial charge in [0.1, 0.15) is 19.5 Å². The molecule has 0 spiro atoms. The molecule has 0 bridgehead atoms. The van der Waals surface area contributed by atoms with Gasteiger partial charge >= 0.3 is 0 Å². The number of hydrogen-bond acceptors (Lipinski definition) is 2. The van der Waals surface area contributed by atoms with Crippen molar-refractivity contribution in [2.45, 2.75) is 6.92 Å². The Morgan fingerprint density at radius 1 is 0.478 bits per heavy atom. The minimum atomic E-state index is -0.349. The summed E-state index contributed by atoms with van der Waals surface area (Å²) in [6, 6.07) is 45.7. The van der Waals surface area contributed by atoms with Crippen LogP contribution in [0.3, 0.4) is 0 Å². The Balaban J connectivity index is 1.48. The van der Waals surface area contributed by atoms with Crippen LogP contribution < -0.4 is 15.3 Å². The average Bonchev–Trinajstić information content (AvgIpc) is 3.08. The van der Waals surface area contributed by atoms with Crippen molar-refractivity contribution < 1.29 is 8.78 Å². The predicted molar refractivity (Wildman–Crippen MR) is 190 cm³/mol. The number of nitrogens with zero attached hydrogens (tertiary/aromatic N) is 2. The summed E-state index contributed by atoms with van der Waals surface area (Å²) in [6.07, 6.45) is 0. The van der Waals surface area contributed by atoms with E-state index in [2.05, 4.69) is 37.3 Å². The molecule has 46 heavy (non-hydrogen) atoms. The molecule has 8 aromatic rings. The molecule has 0 saturated heterocycles. The van der Waals surface area contributed by atoms with Crippen LogP contribution in [0.25, 0.3) is 32.3 Å². The molecule has 0 aliphatic heterocycles. The van der Waals surface area contributed by atoms with Crippen LogP contribution in [-0.2, 0) is 0 Å². The molecule has 2 radical (unpaired) electrons. The van der Waals surface area contributed by atoms with E-state index in [0.29, 0.717) is 22.5 Å². The van der Waals surface area contributed by atoms with Gasteiger partial charge in [0, 0.05) is 27.8 Å². The van der Waals surface area contributed by atoms with Crippen molar-refractivity contribution in [2.75, 3.05) is 9.80 Å². The molecule has 0 saturated carbocycles. The lowest BCUT2D eigenvalue weighted by Gasteiger charge is -2.31. The van der Waals surface area contributed by atoms with Gasteiger partial charge in [0.05, 0.1) is 17.1 Å². The number of para-hydroxylation sites is 4. The van der Waals surface area contributed by atoms with Crippen LogP contribution in [0.5, 0.6) is 0 Å². The van der Waals surface area contributed by atoms with Gasteiger partial charge in [-0.15, -0.1) is 0 Å². The summed E-state index contributed by atoms with van der Waals surface area (Å²) >= 11 is 0. The van der Waals surface area contributed by atoms with Gasteiger partial charge in [-0.3, -0.25) is 0 Å². The normalized spacial score (nSPS) is 11.5. The van der Waals surface area contributed by atoms with E-state index in [1.165, 1.54) is 12.1 Å². The third kappa shape index (κ3) is 4.39. The van der Waals surface area contributed by atoms with E-state index >= 15 is 8.78 Å². The Morgan fingerprint density at radius 2 is 0.913 bits per heavy atom. The lowest BCUT2D eigenvalue weighted by atomic mass is 9.84. The first-order chi connectivity index (χ1) is 22.5. The molecule has 0 aliphatic carbocycles. The van der Waals surface area contributed by atoms with E-state index in [-0.39, 0.29) is 11.6 Å².